The molecule has 3 rings (SSSR count). The summed E-state index contributed by atoms with van der Waals surface area (Å²) in [6.07, 6.45) is 4.57. The van der Waals surface area contributed by atoms with Gasteiger partial charge in [0.15, 0.2) is 0 Å². The summed E-state index contributed by atoms with van der Waals surface area (Å²) in [4.78, 5) is 2.82. The van der Waals surface area contributed by atoms with Crippen molar-refractivity contribution in [2.75, 3.05) is 19.7 Å². The Labute approximate surface area is 124 Å². The van der Waals surface area contributed by atoms with Gasteiger partial charge in [0.25, 0.3) is 0 Å². The molecule has 20 heavy (non-hydrogen) atoms. The minimum Gasteiger partial charge on any atom is -0.376 e. The Morgan fingerprint density at radius 2 is 1.80 bits per heavy atom. The van der Waals surface area contributed by atoms with E-state index in [9.17, 15) is 0 Å². The fourth-order valence-electron chi connectivity index (χ4n) is 4.09. The van der Waals surface area contributed by atoms with E-state index in [0.717, 1.165) is 25.0 Å². The van der Waals surface area contributed by atoms with Crippen LogP contribution in [0.4, 0.5) is 0 Å². The fourth-order valence-corrected chi connectivity index (χ4v) is 4.09. The minimum absolute atomic E-state index is 0.530. The maximum atomic E-state index is 6.10. The molecular formula is C17H32N2O. The van der Waals surface area contributed by atoms with Gasteiger partial charge >= 0.3 is 0 Å². The van der Waals surface area contributed by atoms with Gasteiger partial charge in [0.05, 0.1) is 6.10 Å². The molecule has 0 radical (unpaired) electrons. The molecular weight excluding hydrogens is 248 g/mol. The molecule has 1 N–H and O–H groups in total. The molecule has 2 heterocycles. The molecule has 1 aliphatic carbocycles. The number of piperazine rings is 1. The number of hydrogen-bond donors (Lipinski definition) is 1. The van der Waals surface area contributed by atoms with Crippen molar-refractivity contribution in [2.24, 2.45) is 17.8 Å². The molecule has 2 saturated heterocycles. The highest BCUT2D eigenvalue weighted by Crippen LogP contribution is 2.41. The van der Waals surface area contributed by atoms with Gasteiger partial charge in [0.2, 0.25) is 0 Å². The van der Waals surface area contributed by atoms with Crippen molar-refractivity contribution in [3.05, 3.63) is 0 Å². The molecule has 3 heteroatoms. The normalized spacial score (nSPS) is 39.9. The zero-order valence-electron chi connectivity index (χ0n) is 13.6. The molecule has 3 aliphatic rings. The second-order valence-corrected chi connectivity index (χ2v) is 7.80. The first kappa shape index (κ1) is 14.8. The Kier molecular flexibility index (Phi) is 4.40. The first-order valence-electron chi connectivity index (χ1n) is 8.68. The average molecular weight is 280 g/mol. The van der Waals surface area contributed by atoms with Crippen molar-refractivity contribution in [2.45, 2.75) is 71.2 Å². The van der Waals surface area contributed by atoms with Crippen LogP contribution in [0.25, 0.3) is 0 Å². The highest BCUT2D eigenvalue weighted by molar-refractivity contribution is 5.00. The van der Waals surface area contributed by atoms with Gasteiger partial charge in [-0.15, -0.1) is 0 Å². The number of hydrogen-bond acceptors (Lipinski definition) is 3. The molecule has 4 unspecified atom stereocenters. The van der Waals surface area contributed by atoms with E-state index in [4.69, 9.17) is 4.74 Å². The molecule has 1 saturated carbocycles. The monoisotopic (exact) mass is 280 g/mol. The Morgan fingerprint density at radius 3 is 2.40 bits per heavy atom. The van der Waals surface area contributed by atoms with Crippen molar-refractivity contribution in [1.82, 2.24) is 10.2 Å². The molecule has 0 bridgehead atoms. The Balaban J connectivity index is 1.74. The van der Waals surface area contributed by atoms with Crippen LogP contribution in [-0.2, 0) is 4.74 Å². The predicted octanol–water partition coefficient (Wildman–Crippen LogP) is 2.51. The lowest BCUT2D eigenvalue weighted by Gasteiger charge is -2.47. The van der Waals surface area contributed by atoms with Crippen molar-refractivity contribution in [3.8, 4) is 0 Å². The largest absolute Gasteiger partial charge is 0.376 e. The van der Waals surface area contributed by atoms with Crippen molar-refractivity contribution in [3.63, 3.8) is 0 Å². The summed E-state index contributed by atoms with van der Waals surface area (Å²) in [5, 5.41) is 3.78. The van der Waals surface area contributed by atoms with Crippen LogP contribution in [0.15, 0.2) is 0 Å². The number of nitrogens with one attached hydrogen (secondary N) is 1. The number of rotatable bonds is 4. The maximum Gasteiger partial charge on any atom is 0.0759 e. The lowest BCUT2D eigenvalue weighted by molar-refractivity contribution is -0.00444. The summed E-state index contributed by atoms with van der Waals surface area (Å²) in [5.41, 5.74) is 0. The Bertz CT molecular complexity index is 327. The van der Waals surface area contributed by atoms with E-state index < -0.39 is 0 Å². The van der Waals surface area contributed by atoms with Gasteiger partial charge in [0.1, 0.15) is 0 Å². The standard InChI is InChI=1S/C17H32N2O/c1-11(2)14-10-19(16(9-18-14)12(3)4)15-7-8-20-17(15)13-5-6-13/h11-18H,5-10H2,1-4H3. The van der Waals surface area contributed by atoms with E-state index >= 15 is 0 Å². The molecule has 0 aromatic heterocycles. The summed E-state index contributed by atoms with van der Waals surface area (Å²) >= 11 is 0. The molecule has 0 amide bonds. The van der Waals surface area contributed by atoms with Crippen LogP contribution in [0.2, 0.25) is 0 Å². The van der Waals surface area contributed by atoms with E-state index in [2.05, 4.69) is 37.9 Å². The third-order valence-corrected chi connectivity index (χ3v) is 5.61. The van der Waals surface area contributed by atoms with Crippen LogP contribution in [0.1, 0.15) is 47.0 Å². The van der Waals surface area contributed by atoms with E-state index in [0.29, 0.717) is 30.1 Å². The van der Waals surface area contributed by atoms with Crippen molar-refractivity contribution < 1.29 is 4.74 Å². The summed E-state index contributed by atoms with van der Waals surface area (Å²) in [5.74, 6) is 2.30. The van der Waals surface area contributed by atoms with Gasteiger partial charge in [-0.05, 0) is 37.0 Å². The van der Waals surface area contributed by atoms with E-state index in [-0.39, 0.29) is 0 Å². The maximum absolute atomic E-state index is 6.10. The van der Waals surface area contributed by atoms with E-state index in [1.165, 1.54) is 25.8 Å². The summed E-state index contributed by atoms with van der Waals surface area (Å²) in [7, 11) is 0. The van der Waals surface area contributed by atoms with Gasteiger partial charge in [-0.2, -0.15) is 0 Å². The summed E-state index contributed by atoms with van der Waals surface area (Å²) in [6.45, 7) is 12.8. The summed E-state index contributed by atoms with van der Waals surface area (Å²) < 4.78 is 6.10. The van der Waals surface area contributed by atoms with Crippen molar-refractivity contribution in [1.29, 1.82) is 0 Å². The van der Waals surface area contributed by atoms with E-state index in [1.807, 2.05) is 0 Å². The predicted molar refractivity (Wildman–Crippen MR) is 82.8 cm³/mol. The molecule has 0 aromatic carbocycles. The second-order valence-electron chi connectivity index (χ2n) is 7.80. The SMILES string of the molecule is CC(C)C1CN(C2CCOC2C2CC2)C(C(C)C)CN1. The number of ether oxygens (including phenoxy) is 1. The average Bonchev–Trinajstić information content (AvgIpc) is 3.15. The Morgan fingerprint density at radius 1 is 1.05 bits per heavy atom. The highest BCUT2D eigenvalue weighted by Gasteiger charge is 2.46. The quantitative estimate of drug-likeness (QED) is 0.856. The molecule has 4 atom stereocenters. The lowest BCUT2D eigenvalue weighted by atomic mass is 9.90. The highest BCUT2D eigenvalue weighted by atomic mass is 16.5. The van der Waals surface area contributed by atoms with Gasteiger partial charge in [0, 0.05) is 37.8 Å². The first-order chi connectivity index (χ1) is 9.58. The molecule has 3 fully saturated rings. The molecule has 0 spiro atoms. The molecule has 2 aliphatic heterocycles. The summed E-state index contributed by atoms with van der Waals surface area (Å²) in [6, 6.07) is 2.00. The molecule has 116 valence electrons. The zero-order valence-corrected chi connectivity index (χ0v) is 13.6. The molecule has 0 aromatic rings. The lowest BCUT2D eigenvalue weighted by Crippen LogP contribution is -2.63. The van der Waals surface area contributed by atoms with Gasteiger partial charge < -0.3 is 10.1 Å². The van der Waals surface area contributed by atoms with Crippen LogP contribution in [0.5, 0.6) is 0 Å². The number of nitrogens with zero attached hydrogens (tertiary/aromatic N) is 1. The minimum atomic E-state index is 0.530. The smallest absolute Gasteiger partial charge is 0.0759 e. The third-order valence-electron chi connectivity index (χ3n) is 5.61. The van der Waals surface area contributed by atoms with Crippen LogP contribution >= 0.6 is 0 Å². The van der Waals surface area contributed by atoms with Crippen LogP contribution in [-0.4, -0.2) is 48.8 Å². The van der Waals surface area contributed by atoms with Crippen LogP contribution in [0, 0.1) is 17.8 Å². The van der Waals surface area contributed by atoms with Crippen molar-refractivity contribution >= 4 is 0 Å². The van der Waals surface area contributed by atoms with E-state index in [1.54, 1.807) is 0 Å². The molecule has 3 nitrogen and oxygen atoms in total. The third kappa shape index (κ3) is 2.90. The van der Waals surface area contributed by atoms with Crippen LogP contribution in [0.3, 0.4) is 0 Å². The van der Waals surface area contributed by atoms with Gasteiger partial charge in [-0.1, -0.05) is 27.7 Å². The second kappa shape index (κ2) is 5.94. The topological polar surface area (TPSA) is 24.5 Å². The van der Waals surface area contributed by atoms with Gasteiger partial charge in [-0.25, -0.2) is 0 Å². The zero-order chi connectivity index (χ0) is 14.3. The van der Waals surface area contributed by atoms with Gasteiger partial charge in [-0.3, -0.25) is 4.90 Å². The Hall–Kier alpha value is -0.120. The first-order valence-corrected chi connectivity index (χ1v) is 8.68. The van der Waals surface area contributed by atoms with Crippen LogP contribution < -0.4 is 5.32 Å². The fraction of sp³-hybridized carbons (Fsp3) is 1.00.